The van der Waals surface area contributed by atoms with E-state index in [4.69, 9.17) is 9.47 Å². The van der Waals surface area contributed by atoms with Crippen LogP contribution in [-0.4, -0.2) is 68.1 Å². The average Bonchev–Trinajstić information content (AvgIpc) is 3.35. The van der Waals surface area contributed by atoms with Crippen LogP contribution in [0.15, 0.2) is 24.3 Å². The quantitative estimate of drug-likeness (QED) is 0.706. The van der Waals surface area contributed by atoms with Gasteiger partial charge in [-0.1, -0.05) is 31.4 Å². The average molecular weight is 443 g/mol. The molecule has 2 amide bonds. The van der Waals surface area contributed by atoms with Crippen molar-refractivity contribution in [3.05, 3.63) is 29.8 Å². The number of para-hydroxylation sites is 1. The molecule has 1 saturated heterocycles. The minimum absolute atomic E-state index is 0.0420. The predicted molar refractivity (Wildman–Crippen MR) is 124 cm³/mol. The van der Waals surface area contributed by atoms with Crippen molar-refractivity contribution in [2.24, 2.45) is 11.3 Å². The first kappa shape index (κ1) is 23.1. The lowest BCUT2D eigenvalue weighted by molar-refractivity contribution is -0.135. The van der Waals surface area contributed by atoms with E-state index in [-0.39, 0.29) is 17.2 Å². The van der Waals surface area contributed by atoms with Crippen molar-refractivity contribution in [2.75, 3.05) is 46.5 Å². The zero-order valence-corrected chi connectivity index (χ0v) is 19.5. The van der Waals surface area contributed by atoms with Crippen molar-refractivity contribution >= 4 is 11.8 Å². The molecule has 5 rings (SSSR count). The standard InChI is InChI=1S/C26H38N2O4/c1-31-20-26-12-6-7-15-27(24(29)21-8-2-3-9-21)18-19-32-23-11-5-4-10-22(23)25(30)28(16-13-26)17-14-26/h4-5,10-11,21H,2-3,6-9,12-20H2,1H3. The first-order valence-corrected chi connectivity index (χ1v) is 12.4. The highest BCUT2D eigenvalue weighted by atomic mass is 16.5. The summed E-state index contributed by atoms with van der Waals surface area (Å²) in [4.78, 5) is 30.4. The Morgan fingerprint density at radius 2 is 1.78 bits per heavy atom. The minimum atomic E-state index is 0.0420. The van der Waals surface area contributed by atoms with E-state index in [1.807, 2.05) is 34.1 Å². The summed E-state index contributed by atoms with van der Waals surface area (Å²) in [5, 5.41) is 0. The highest BCUT2D eigenvalue weighted by molar-refractivity contribution is 5.97. The Balaban J connectivity index is 1.54. The minimum Gasteiger partial charge on any atom is -0.491 e. The van der Waals surface area contributed by atoms with E-state index in [9.17, 15) is 9.59 Å². The zero-order chi connectivity index (χ0) is 22.4. The molecule has 0 aromatic heterocycles. The summed E-state index contributed by atoms with van der Waals surface area (Å²) in [7, 11) is 1.78. The third-order valence-electron chi connectivity index (χ3n) is 7.70. The second kappa shape index (κ2) is 10.7. The summed E-state index contributed by atoms with van der Waals surface area (Å²) in [6, 6.07) is 7.52. The van der Waals surface area contributed by atoms with Gasteiger partial charge in [0.25, 0.3) is 5.91 Å². The molecular weight excluding hydrogens is 404 g/mol. The van der Waals surface area contributed by atoms with Crippen molar-refractivity contribution in [3.8, 4) is 5.75 Å². The normalized spacial score (nSPS) is 22.7. The molecule has 32 heavy (non-hydrogen) atoms. The van der Waals surface area contributed by atoms with Gasteiger partial charge < -0.3 is 19.3 Å². The lowest BCUT2D eigenvalue weighted by atomic mass is 9.75. The van der Waals surface area contributed by atoms with Gasteiger partial charge in [0.15, 0.2) is 0 Å². The summed E-state index contributed by atoms with van der Waals surface area (Å²) >= 11 is 0. The van der Waals surface area contributed by atoms with Crippen molar-refractivity contribution in [2.45, 2.75) is 57.8 Å². The monoisotopic (exact) mass is 442 g/mol. The van der Waals surface area contributed by atoms with E-state index in [1.165, 1.54) is 0 Å². The fourth-order valence-corrected chi connectivity index (χ4v) is 5.73. The molecule has 1 aromatic rings. The van der Waals surface area contributed by atoms with Gasteiger partial charge in [0.1, 0.15) is 12.4 Å². The van der Waals surface area contributed by atoms with E-state index in [2.05, 4.69) is 0 Å². The second-order valence-electron chi connectivity index (χ2n) is 9.83. The Morgan fingerprint density at radius 1 is 1.03 bits per heavy atom. The van der Waals surface area contributed by atoms with Crippen LogP contribution in [0.2, 0.25) is 0 Å². The van der Waals surface area contributed by atoms with Crippen LogP contribution in [0.3, 0.4) is 0 Å². The molecule has 1 aromatic carbocycles. The number of methoxy groups -OCH3 is 1. The molecule has 3 aliphatic heterocycles. The van der Waals surface area contributed by atoms with Gasteiger partial charge in [0.05, 0.1) is 18.7 Å². The van der Waals surface area contributed by atoms with E-state index >= 15 is 0 Å². The van der Waals surface area contributed by atoms with Crippen molar-refractivity contribution < 1.29 is 19.1 Å². The summed E-state index contributed by atoms with van der Waals surface area (Å²) in [6.07, 6.45) is 9.43. The van der Waals surface area contributed by atoms with Gasteiger partial charge in [-0.25, -0.2) is 0 Å². The number of hydrogen-bond acceptors (Lipinski definition) is 4. The van der Waals surface area contributed by atoms with Crippen LogP contribution in [0, 0.1) is 11.3 Å². The van der Waals surface area contributed by atoms with Gasteiger partial charge in [0.2, 0.25) is 5.91 Å². The van der Waals surface area contributed by atoms with Crippen LogP contribution in [0.4, 0.5) is 0 Å². The van der Waals surface area contributed by atoms with Crippen molar-refractivity contribution in [3.63, 3.8) is 0 Å². The smallest absolute Gasteiger partial charge is 0.257 e. The van der Waals surface area contributed by atoms with Crippen molar-refractivity contribution in [1.82, 2.24) is 9.80 Å². The van der Waals surface area contributed by atoms with E-state index < -0.39 is 0 Å². The highest BCUT2D eigenvalue weighted by Gasteiger charge is 2.36. The first-order chi connectivity index (χ1) is 15.6. The number of ether oxygens (including phenoxy) is 2. The first-order valence-electron chi connectivity index (χ1n) is 12.4. The number of rotatable bonds is 3. The molecule has 0 spiro atoms. The SMILES string of the molecule is COCC12CCCCN(C(=O)C3CCCC3)CCOc3ccccc3C(=O)N(CC1)CC2. The Kier molecular flexibility index (Phi) is 7.71. The maximum absolute atomic E-state index is 13.3. The molecule has 0 atom stereocenters. The topological polar surface area (TPSA) is 59.1 Å². The lowest BCUT2D eigenvalue weighted by Gasteiger charge is -2.41. The zero-order valence-electron chi connectivity index (χ0n) is 19.5. The number of benzene rings is 1. The molecule has 6 heteroatoms. The number of fused-ring (bicyclic) bond motifs is 9. The number of carbonyl (C=O) groups excluding carboxylic acids is 2. The molecule has 176 valence electrons. The van der Waals surface area contributed by atoms with Gasteiger partial charge in [-0.2, -0.15) is 0 Å². The molecule has 1 saturated carbocycles. The molecule has 3 heterocycles. The number of nitrogens with zero attached hydrogens (tertiary/aromatic N) is 2. The Hall–Kier alpha value is -2.08. The third kappa shape index (κ3) is 5.28. The summed E-state index contributed by atoms with van der Waals surface area (Å²) in [5.74, 6) is 1.13. The Bertz CT molecular complexity index is 782. The van der Waals surface area contributed by atoms with E-state index in [0.717, 1.165) is 84.0 Å². The van der Waals surface area contributed by atoms with Gasteiger partial charge in [-0.3, -0.25) is 9.59 Å². The maximum atomic E-state index is 13.3. The molecule has 0 radical (unpaired) electrons. The van der Waals surface area contributed by atoms with Gasteiger partial charge in [-0.05, 0) is 56.1 Å². The molecular formula is C26H38N2O4. The fraction of sp³-hybridized carbons (Fsp3) is 0.692. The van der Waals surface area contributed by atoms with E-state index in [1.54, 1.807) is 7.11 Å². The predicted octanol–water partition coefficient (Wildman–Crippen LogP) is 4.14. The third-order valence-corrected chi connectivity index (χ3v) is 7.70. The molecule has 1 aliphatic carbocycles. The van der Waals surface area contributed by atoms with Crippen LogP contribution in [0.25, 0.3) is 0 Å². The lowest BCUT2D eigenvalue weighted by Crippen LogP contribution is -2.45. The molecule has 2 bridgehead atoms. The number of carbonyl (C=O) groups is 2. The van der Waals surface area contributed by atoms with Gasteiger partial charge in [0, 0.05) is 32.7 Å². The van der Waals surface area contributed by atoms with Crippen LogP contribution < -0.4 is 4.74 Å². The summed E-state index contributed by atoms with van der Waals surface area (Å²) in [5.41, 5.74) is 0.748. The van der Waals surface area contributed by atoms with Crippen LogP contribution in [0.1, 0.15) is 68.1 Å². The summed E-state index contributed by atoms with van der Waals surface area (Å²) in [6.45, 7) is 4.01. The van der Waals surface area contributed by atoms with Crippen LogP contribution in [-0.2, 0) is 9.53 Å². The summed E-state index contributed by atoms with van der Waals surface area (Å²) < 4.78 is 11.7. The fourth-order valence-electron chi connectivity index (χ4n) is 5.73. The Morgan fingerprint density at radius 3 is 2.53 bits per heavy atom. The highest BCUT2D eigenvalue weighted by Crippen LogP contribution is 2.38. The van der Waals surface area contributed by atoms with Crippen LogP contribution in [0.5, 0.6) is 5.75 Å². The molecule has 4 aliphatic rings. The number of amides is 2. The molecule has 0 N–H and O–H groups in total. The molecule has 6 nitrogen and oxygen atoms in total. The molecule has 2 fully saturated rings. The van der Waals surface area contributed by atoms with Crippen molar-refractivity contribution in [1.29, 1.82) is 0 Å². The van der Waals surface area contributed by atoms with Gasteiger partial charge >= 0.3 is 0 Å². The van der Waals surface area contributed by atoms with Crippen LogP contribution >= 0.6 is 0 Å². The Labute approximate surface area is 192 Å². The largest absolute Gasteiger partial charge is 0.491 e. The maximum Gasteiger partial charge on any atom is 0.257 e. The second-order valence-corrected chi connectivity index (χ2v) is 9.83. The number of hydrogen-bond donors (Lipinski definition) is 0. The molecule has 0 unspecified atom stereocenters. The number of piperidine rings is 1. The van der Waals surface area contributed by atoms with E-state index in [0.29, 0.717) is 30.4 Å². The van der Waals surface area contributed by atoms with Gasteiger partial charge in [-0.15, -0.1) is 0 Å².